The van der Waals surface area contributed by atoms with Gasteiger partial charge in [0.1, 0.15) is 18.1 Å². The summed E-state index contributed by atoms with van der Waals surface area (Å²) in [5.41, 5.74) is -0.0357. The van der Waals surface area contributed by atoms with E-state index in [9.17, 15) is 19.3 Å². The monoisotopic (exact) mass is 542 g/mol. The summed E-state index contributed by atoms with van der Waals surface area (Å²) in [4.78, 5) is 26.8. The van der Waals surface area contributed by atoms with Crippen LogP contribution in [0.5, 0.6) is 5.75 Å². The van der Waals surface area contributed by atoms with Crippen molar-refractivity contribution in [1.29, 1.82) is 0 Å². The zero-order chi connectivity index (χ0) is 28.4. The molecule has 0 aliphatic carbocycles. The SMILES string of the molecule is [2H]C([2H])(O[P@](=O)(C[C@@H](C)C(=O)OC(C)C)Oc1ccccc1)[C@@H]1O[C@H](n2cc(C)c(=O)[nH]c2=S)[C@H](C)C1O. The third-order valence-electron chi connectivity index (χ3n) is 5.55. The minimum Gasteiger partial charge on any atom is -0.463 e. The Morgan fingerprint density at radius 2 is 2.00 bits per heavy atom. The smallest absolute Gasteiger partial charge is 0.380 e. The standard InChI is InChI=1S/C24H33N2O8PS/c1-14(2)32-23(29)16(4)13-35(30,34-18-9-7-6-8-10-18)31-12-19-20(27)17(5)22(33-19)26-11-15(3)21(28)25-24(26)36/h6-11,14,16-17,19-20,22,27H,12-13H2,1-5H3,(H,25,28,36)/t16-,17-,19+,20?,22+,35-/m1/s1/i12D2. The summed E-state index contributed by atoms with van der Waals surface area (Å²) in [6.45, 7) is 5.19. The number of hydrogen-bond donors (Lipinski definition) is 2. The van der Waals surface area contributed by atoms with Gasteiger partial charge in [0.25, 0.3) is 5.56 Å². The number of carbonyl (C=O) groups excluding carboxylic acids is 1. The zero-order valence-corrected chi connectivity index (χ0v) is 22.5. The van der Waals surface area contributed by atoms with E-state index < -0.39 is 62.7 Å². The highest BCUT2D eigenvalue weighted by molar-refractivity contribution is 7.71. The number of aliphatic hydroxyl groups excluding tert-OH is 1. The fourth-order valence-corrected chi connectivity index (χ4v) is 5.58. The van der Waals surface area contributed by atoms with Crippen molar-refractivity contribution < 1.29 is 35.7 Å². The van der Waals surface area contributed by atoms with Crippen LogP contribution in [0.15, 0.2) is 41.3 Å². The zero-order valence-electron chi connectivity index (χ0n) is 22.7. The van der Waals surface area contributed by atoms with Crippen molar-refractivity contribution >= 4 is 25.8 Å². The number of aliphatic hydroxyl groups is 1. The summed E-state index contributed by atoms with van der Waals surface area (Å²) in [7, 11) is -4.37. The topological polar surface area (TPSA) is 129 Å². The normalized spacial score (nSPS) is 25.5. The van der Waals surface area contributed by atoms with Crippen LogP contribution < -0.4 is 10.1 Å². The molecule has 198 valence electrons. The van der Waals surface area contributed by atoms with Crippen molar-refractivity contribution in [1.82, 2.24) is 9.55 Å². The number of rotatable bonds is 10. The van der Waals surface area contributed by atoms with Crippen molar-refractivity contribution in [2.75, 3.05) is 12.7 Å². The molecule has 6 atom stereocenters. The second kappa shape index (κ2) is 11.8. The highest BCUT2D eigenvalue weighted by Crippen LogP contribution is 2.51. The number of para-hydroxylation sites is 1. The summed E-state index contributed by atoms with van der Waals surface area (Å²) >= 11 is 5.23. The lowest BCUT2D eigenvalue weighted by Gasteiger charge is -2.24. The van der Waals surface area contributed by atoms with Gasteiger partial charge in [0.05, 0.1) is 33.6 Å². The van der Waals surface area contributed by atoms with Crippen LogP contribution in [-0.2, 0) is 23.4 Å². The molecule has 0 spiro atoms. The molecule has 0 radical (unpaired) electrons. The van der Waals surface area contributed by atoms with Crippen LogP contribution in [-0.4, -0.2) is 51.7 Å². The first-order valence-electron chi connectivity index (χ1n) is 12.5. The van der Waals surface area contributed by atoms with Gasteiger partial charge in [-0.3, -0.25) is 23.7 Å². The molecule has 12 heteroatoms. The lowest BCUT2D eigenvalue weighted by atomic mass is 10.0. The minimum absolute atomic E-state index is 0.0300. The Balaban J connectivity index is 1.90. The van der Waals surface area contributed by atoms with Crippen LogP contribution in [0.1, 0.15) is 42.2 Å². The summed E-state index contributed by atoms with van der Waals surface area (Å²) < 4.78 is 54.8. The van der Waals surface area contributed by atoms with Crippen molar-refractivity contribution in [3.05, 3.63) is 57.2 Å². The predicted octanol–water partition coefficient (Wildman–Crippen LogP) is 3.99. The average Bonchev–Trinajstić information content (AvgIpc) is 3.11. The van der Waals surface area contributed by atoms with E-state index in [1.807, 2.05) is 0 Å². The Hall–Kier alpha value is -2.30. The highest BCUT2D eigenvalue weighted by Gasteiger charge is 2.44. The minimum atomic E-state index is -4.37. The molecular weight excluding hydrogens is 507 g/mol. The van der Waals surface area contributed by atoms with Gasteiger partial charge in [0, 0.05) is 17.7 Å². The number of hydrogen-bond acceptors (Lipinski definition) is 9. The summed E-state index contributed by atoms with van der Waals surface area (Å²) in [5, 5.41) is 10.9. The molecule has 36 heavy (non-hydrogen) atoms. The third-order valence-corrected chi connectivity index (χ3v) is 7.73. The summed E-state index contributed by atoms with van der Waals surface area (Å²) in [6.07, 6.45) is -3.40. The Morgan fingerprint density at radius 1 is 1.33 bits per heavy atom. The van der Waals surface area contributed by atoms with E-state index in [0.29, 0.717) is 5.56 Å². The second-order valence-electron chi connectivity index (χ2n) is 9.07. The number of nitrogens with one attached hydrogen (secondary N) is 1. The molecule has 1 aliphatic rings. The molecular formula is C24H33N2O8PS. The van der Waals surface area contributed by atoms with Gasteiger partial charge in [-0.05, 0) is 45.1 Å². The molecule has 0 amide bonds. The Bertz CT molecular complexity index is 1300. The number of aromatic amines is 1. The summed E-state index contributed by atoms with van der Waals surface area (Å²) in [5.74, 6) is -2.14. The largest absolute Gasteiger partial charge is 0.463 e. The van der Waals surface area contributed by atoms with E-state index >= 15 is 0 Å². The first kappa shape index (κ1) is 25.4. The van der Waals surface area contributed by atoms with Crippen molar-refractivity contribution in [2.24, 2.45) is 11.8 Å². The van der Waals surface area contributed by atoms with Gasteiger partial charge in [-0.1, -0.05) is 32.0 Å². The number of ether oxygens (including phenoxy) is 2. The van der Waals surface area contributed by atoms with E-state index in [0.717, 1.165) is 0 Å². The van der Waals surface area contributed by atoms with Gasteiger partial charge in [-0.15, -0.1) is 0 Å². The third kappa shape index (κ3) is 6.92. The van der Waals surface area contributed by atoms with E-state index in [1.54, 1.807) is 45.9 Å². The maximum atomic E-state index is 13.9. The molecule has 1 saturated heterocycles. The molecule has 1 aromatic carbocycles. The number of nitrogens with zero attached hydrogens (tertiary/aromatic N) is 1. The number of benzene rings is 1. The number of aryl methyl sites for hydroxylation is 1. The molecule has 0 bridgehead atoms. The molecule has 10 nitrogen and oxygen atoms in total. The maximum absolute atomic E-state index is 13.9. The second-order valence-corrected chi connectivity index (χ2v) is 11.4. The lowest BCUT2D eigenvalue weighted by Crippen LogP contribution is -2.30. The van der Waals surface area contributed by atoms with Gasteiger partial charge in [0.15, 0.2) is 4.77 Å². The van der Waals surface area contributed by atoms with Gasteiger partial charge < -0.3 is 19.1 Å². The number of aromatic nitrogens is 2. The molecule has 3 rings (SSSR count). The Morgan fingerprint density at radius 3 is 2.64 bits per heavy atom. The van der Waals surface area contributed by atoms with Crippen LogP contribution in [0.2, 0.25) is 0 Å². The highest BCUT2D eigenvalue weighted by atomic mass is 32.1. The van der Waals surface area contributed by atoms with Crippen LogP contribution in [0.3, 0.4) is 0 Å². The van der Waals surface area contributed by atoms with Crippen LogP contribution >= 0.6 is 19.8 Å². The number of esters is 1. The van der Waals surface area contributed by atoms with Crippen LogP contribution in [0.25, 0.3) is 0 Å². The number of H-pyrrole nitrogens is 1. The fraction of sp³-hybridized carbons (Fsp3) is 0.542. The Kier molecular flexibility index (Phi) is 8.33. The first-order valence-corrected chi connectivity index (χ1v) is 13.7. The average molecular weight is 543 g/mol. The molecule has 2 N–H and O–H groups in total. The molecule has 1 unspecified atom stereocenters. The van der Waals surface area contributed by atoms with Crippen molar-refractivity contribution in [2.45, 2.75) is 59.2 Å². The van der Waals surface area contributed by atoms with E-state index in [1.165, 1.54) is 29.8 Å². The first-order chi connectivity index (χ1) is 17.6. The van der Waals surface area contributed by atoms with Crippen molar-refractivity contribution in [3.63, 3.8) is 0 Å². The molecule has 2 heterocycles. The molecule has 2 aromatic rings. The van der Waals surface area contributed by atoms with E-state index in [-0.39, 0.29) is 16.1 Å². The van der Waals surface area contributed by atoms with E-state index in [2.05, 4.69) is 4.98 Å². The number of carbonyl (C=O) groups is 1. The van der Waals surface area contributed by atoms with Crippen LogP contribution in [0.4, 0.5) is 0 Å². The lowest BCUT2D eigenvalue weighted by molar-refractivity contribution is -0.151. The van der Waals surface area contributed by atoms with Crippen molar-refractivity contribution in [3.8, 4) is 5.75 Å². The fourth-order valence-electron chi connectivity index (χ4n) is 3.62. The van der Waals surface area contributed by atoms with Gasteiger partial charge in [-0.2, -0.15) is 0 Å². The van der Waals surface area contributed by atoms with E-state index in [4.69, 9.17) is 33.5 Å². The van der Waals surface area contributed by atoms with Gasteiger partial charge in [-0.25, -0.2) is 4.57 Å². The summed E-state index contributed by atoms with van der Waals surface area (Å²) in [6, 6.07) is 8.02. The van der Waals surface area contributed by atoms with Gasteiger partial charge >= 0.3 is 13.6 Å². The molecule has 1 aliphatic heterocycles. The molecule has 1 fully saturated rings. The quantitative estimate of drug-likeness (QED) is 0.260. The molecule has 0 saturated carbocycles. The predicted molar refractivity (Wildman–Crippen MR) is 136 cm³/mol. The van der Waals surface area contributed by atoms with Crippen LogP contribution in [0, 0.1) is 23.5 Å². The maximum Gasteiger partial charge on any atom is 0.380 e. The van der Waals surface area contributed by atoms with Gasteiger partial charge in [0.2, 0.25) is 0 Å². The molecule has 1 aromatic heterocycles. The Labute approximate surface area is 217 Å².